The first-order valence-electron chi connectivity index (χ1n) is 17.1. The highest BCUT2D eigenvalue weighted by atomic mass is 32.2. The number of phosphoric ester groups is 3. The van der Waals surface area contributed by atoms with Crippen molar-refractivity contribution in [2.24, 2.45) is 5.41 Å². The fraction of sp³-hybridized carbons (Fsp3) is 0.533. The van der Waals surface area contributed by atoms with Crippen molar-refractivity contribution in [3.8, 4) is 0 Å². The highest BCUT2D eigenvalue weighted by Gasteiger charge is 2.50. The summed E-state index contributed by atoms with van der Waals surface area (Å²) in [5.74, 6) is -1.46. The van der Waals surface area contributed by atoms with Gasteiger partial charge in [-0.25, -0.2) is 28.6 Å². The second-order valence-electron chi connectivity index (χ2n) is 13.4. The summed E-state index contributed by atoms with van der Waals surface area (Å²) < 4.78 is 62.2. The number of imidazole rings is 1. The lowest BCUT2D eigenvalue weighted by Gasteiger charge is -2.30. The van der Waals surface area contributed by atoms with Crippen molar-refractivity contribution in [1.82, 2.24) is 30.2 Å². The molecular weight excluding hydrogens is 855 g/mol. The number of ether oxygens (including phenoxy) is 1. The van der Waals surface area contributed by atoms with Gasteiger partial charge in [-0.1, -0.05) is 62.9 Å². The molecule has 1 aliphatic rings. The minimum atomic E-state index is -5.57. The molecule has 0 aliphatic carbocycles. The Labute approximate surface area is 334 Å². The maximum atomic E-state index is 12.7. The number of hydrogen-bond donors (Lipinski definition) is 9. The van der Waals surface area contributed by atoms with Gasteiger partial charge in [-0.15, -0.1) is 0 Å². The molecule has 1 saturated heterocycles. The molecule has 3 aromatic rings. The summed E-state index contributed by atoms with van der Waals surface area (Å²) in [5, 5.41) is 26.4. The number of nitrogens with one attached hydrogen (secondary N) is 2. The summed E-state index contributed by atoms with van der Waals surface area (Å²) in [7, 11) is -16.4. The van der Waals surface area contributed by atoms with Crippen molar-refractivity contribution in [3.63, 3.8) is 0 Å². The maximum absolute atomic E-state index is 12.7. The molecule has 1 aliphatic heterocycles. The van der Waals surface area contributed by atoms with E-state index in [9.17, 15) is 57.9 Å². The number of benzene rings is 1. The molecule has 3 unspecified atom stereocenters. The van der Waals surface area contributed by atoms with E-state index in [1.807, 2.05) is 30.3 Å². The molecule has 58 heavy (non-hydrogen) atoms. The molecule has 0 radical (unpaired) electrons. The van der Waals surface area contributed by atoms with E-state index in [1.165, 1.54) is 13.8 Å². The number of nitrogens with zero attached hydrogens (tertiary/aromatic N) is 4. The predicted molar refractivity (Wildman–Crippen MR) is 202 cm³/mol. The van der Waals surface area contributed by atoms with Gasteiger partial charge in [0, 0.05) is 30.7 Å². The van der Waals surface area contributed by atoms with Crippen LogP contribution in [0.5, 0.6) is 0 Å². The lowest BCUT2D eigenvalue weighted by atomic mass is 9.87. The van der Waals surface area contributed by atoms with Crippen LogP contribution in [-0.2, 0) is 50.7 Å². The van der Waals surface area contributed by atoms with E-state index < -0.39 is 84.6 Å². The fourth-order valence-electron chi connectivity index (χ4n) is 5.28. The third-order valence-corrected chi connectivity index (χ3v) is 12.5. The van der Waals surface area contributed by atoms with Crippen LogP contribution in [-0.4, -0.2) is 123 Å². The van der Waals surface area contributed by atoms with Crippen LogP contribution in [0.15, 0.2) is 43.0 Å². The first-order chi connectivity index (χ1) is 27.0. The monoisotopic (exact) mass is 899 g/mol. The number of hydrogen-bond acceptors (Lipinski definition) is 18. The van der Waals surface area contributed by atoms with Crippen LogP contribution in [0.4, 0.5) is 5.82 Å². The van der Waals surface area contributed by atoms with Crippen molar-refractivity contribution in [2.45, 2.75) is 63.8 Å². The number of carbonyl (C=O) groups is 3. The first kappa shape index (κ1) is 47.5. The quantitative estimate of drug-likeness (QED) is 0.0518. The van der Waals surface area contributed by atoms with Gasteiger partial charge in [0.2, 0.25) is 11.8 Å². The van der Waals surface area contributed by atoms with E-state index >= 15 is 0 Å². The minimum Gasteiger partial charge on any atom is -0.386 e. The lowest BCUT2D eigenvalue weighted by Crippen LogP contribution is -2.46. The van der Waals surface area contributed by atoms with Crippen molar-refractivity contribution < 1.29 is 80.5 Å². The van der Waals surface area contributed by atoms with Gasteiger partial charge >= 0.3 is 23.5 Å². The molecule has 1 aromatic carbocycles. The molecule has 0 spiro atoms. The zero-order valence-corrected chi connectivity index (χ0v) is 34.5. The largest absolute Gasteiger partial charge is 0.481 e. The smallest absolute Gasteiger partial charge is 0.386 e. The van der Waals surface area contributed by atoms with E-state index in [4.69, 9.17) is 19.5 Å². The van der Waals surface area contributed by atoms with Crippen LogP contribution in [0.1, 0.15) is 44.9 Å². The SMILES string of the molecule is CC(C(=O)SCCNC(=O)CCNC(=O)[C@H](O)C(C)(C)COP(=O)(O)OP(=O)(O)OC[C@H]1O[C@@H](n2cnc3c(N)ncnc32)[C@H](O)[C@@H]1OP(=O)(O)O)c1ccccc1. The normalized spacial score (nSPS) is 21.8. The molecule has 3 heterocycles. The molecule has 322 valence electrons. The van der Waals surface area contributed by atoms with Gasteiger partial charge in [0.1, 0.15) is 36.3 Å². The first-order valence-corrected chi connectivity index (χ1v) is 22.6. The van der Waals surface area contributed by atoms with Crippen molar-refractivity contribution in [2.75, 3.05) is 37.8 Å². The van der Waals surface area contributed by atoms with Gasteiger partial charge < -0.3 is 50.9 Å². The Balaban J connectivity index is 1.22. The highest BCUT2D eigenvalue weighted by Crippen LogP contribution is 2.61. The molecule has 0 bridgehead atoms. The number of aliphatic hydroxyl groups is 2. The van der Waals surface area contributed by atoms with Crippen LogP contribution < -0.4 is 16.4 Å². The van der Waals surface area contributed by atoms with Crippen molar-refractivity contribution >= 4 is 69.1 Å². The van der Waals surface area contributed by atoms with Gasteiger partial charge in [0.15, 0.2) is 22.8 Å². The molecule has 28 heteroatoms. The van der Waals surface area contributed by atoms with E-state index in [-0.39, 0.29) is 47.5 Å². The molecular formula is C30H44N7O17P3S. The second kappa shape index (κ2) is 19.9. The van der Waals surface area contributed by atoms with E-state index in [0.717, 1.165) is 34.5 Å². The van der Waals surface area contributed by atoms with Crippen LogP contribution in [0.2, 0.25) is 0 Å². The van der Waals surface area contributed by atoms with E-state index in [0.29, 0.717) is 5.75 Å². The third kappa shape index (κ3) is 13.4. The van der Waals surface area contributed by atoms with Gasteiger partial charge in [-0.05, 0) is 5.56 Å². The zero-order valence-electron chi connectivity index (χ0n) is 31.0. The maximum Gasteiger partial charge on any atom is 0.481 e. The Morgan fingerprint density at radius 3 is 2.36 bits per heavy atom. The average Bonchev–Trinajstić information content (AvgIpc) is 3.71. The summed E-state index contributed by atoms with van der Waals surface area (Å²) in [4.78, 5) is 88.2. The minimum absolute atomic E-state index is 0.0294. The van der Waals surface area contributed by atoms with Crippen molar-refractivity contribution in [3.05, 3.63) is 48.5 Å². The summed E-state index contributed by atoms with van der Waals surface area (Å²) in [6.07, 6.45) is -6.94. The van der Waals surface area contributed by atoms with E-state index in [1.54, 1.807) is 6.92 Å². The Hall–Kier alpha value is -3.22. The molecule has 24 nitrogen and oxygen atoms in total. The molecule has 2 aromatic heterocycles. The average molecular weight is 900 g/mol. The number of thioether (sulfide) groups is 1. The molecule has 1 fully saturated rings. The lowest BCUT2D eigenvalue weighted by molar-refractivity contribution is -0.137. The number of aliphatic hydroxyl groups excluding tert-OH is 2. The van der Waals surface area contributed by atoms with Crippen LogP contribution >= 0.6 is 35.2 Å². The molecule has 10 N–H and O–H groups in total. The Morgan fingerprint density at radius 2 is 1.69 bits per heavy atom. The van der Waals surface area contributed by atoms with Crippen LogP contribution in [0.3, 0.4) is 0 Å². The molecule has 4 rings (SSSR count). The number of nitrogen functional groups attached to an aromatic ring is 1. The number of nitrogens with two attached hydrogens (primary N) is 1. The van der Waals surface area contributed by atoms with Crippen LogP contribution in [0, 0.1) is 5.41 Å². The fourth-order valence-corrected chi connectivity index (χ4v) is 8.91. The van der Waals surface area contributed by atoms with Crippen LogP contribution in [0.25, 0.3) is 11.2 Å². The predicted octanol–water partition coefficient (Wildman–Crippen LogP) is 0.468. The number of rotatable bonds is 21. The number of carbonyl (C=O) groups excluding carboxylic acids is 3. The number of phosphoric acid groups is 3. The Kier molecular flexibility index (Phi) is 16.3. The highest BCUT2D eigenvalue weighted by molar-refractivity contribution is 8.13. The molecule has 2 amide bonds. The Bertz CT molecular complexity index is 2060. The summed E-state index contributed by atoms with van der Waals surface area (Å²) in [6.45, 7) is 2.25. The van der Waals surface area contributed by atoms with Gasteiger partial charge in [0.05, 0.1) is 25.5 Å². The summed E-state index contributed by atoms with van der Waals surface area (Å²) in [6, 6.07) is 9.22. The van der Waals surface area contributed by atoms with E-state index in [2.05, 4.69) is 34.4 Å². The summed E-state index contributed by atoms with van der Waals surface area (Å²) >= 11 is 1.07. The number of fused-ring (bicyclic) bond motifs is 1. The number of anilines is 1. The van der Waals surface area contributed by atoms with Crippen molar-refractivity contribution in [1.29, 1.82) is 0 Å². The zero-order chi connectivity index (χ0) is 43.1. The van der Waals surface area contributed by atoms with Gasteiger partial charge in [0.25, 0.3) is 0 Å². The van der Waals surface area contributed by atoms with Gasteiger partial charge in [-0.3, -0.25) is 32.5 Å². The molecule has 8 atom stereocenters. The Morgan fingerprint density at radius 1 is 1.02 bits per heavy atom. The van der Waals surface area contributed by atoms with Gasteiger partial charge in [-0.2, -0.15) is 4.31 Å². The second-order valence-corrected chi connectivity index (χ2v) is 18.7. The number of amides is 2. The topological polar surface area (TPSA) is 364 Å². The summed E-state index contributed by atoms with van der Waals surface area (Å²) in [5.41, 5.74) is 5.13. The molecule has 0 saturated carbocycles. The number of aromatic nitrogens is 4. The third-order valence-electron chi connectivity index (χ3n) is 8.40. The standard InChI is InChI=1S/C30H44N7O17P3S/c1-17(18-7-5-4-6-8-18)29(42)58-12-11-32-20(38)9-10-33-27(41)24(40)30(2,3)14-51-57(48,49)54-56(46,47)50-13-19-23(53-55(43,44)45)22(39)28(52-19)37-16-36-21-25(31)34-15-35-26(21)37/h4-8,15-17,19,22-24,28,39-40H,9-14H2,1-3H3,(H,32,38)(H,33,41)(H,46,47)(H,48,49)(H2,31,34,35)(H2,43,44,45)/t17?,19-,22-,23-,24+,28-/m1/s1.